The summed E-state index contributed by atoms with van der Waals surface area (Å²) in [6.45, 7) is 2.25. The van der Waals surface area contributed by atoms with Gasteiger partial charge in [-0.25, -0.2) is 0 Å². The van der Waals surface area contributed by atoms with E-state index in [1.807, 2.05) is 18.2 Å². The van der Waals surface area contributed by atoms with Gasteiger partial charge in [-0.1, -0.05) is 36.4 Å². The van der Waals surface area contributed by atoms with Crippen molar-refractivity contribution in [2.24, 2.45) is 0 Å². The molecule has 0 spiro atoms. The Bertz CT molecular complexity index is 564. The van der Waals surface area contributed by atoms with E-state index in [4.69, 9.17) is 4.74 Å². The molecular formula is C17H21NO2. The van der Waals surface area contributed by atoms with Gasteiger partial charge in [0.25, 0.3) is 0 Å². The molecule has 1 heterocycles. The van der Waals surface area contributed by atoms with Crippen LogP contribution in [-0.2, 0) is 4.74 Å². The lowest BCUT2D eigenvalue weighted by Gasteiger charge is -2.24. The molecular weight excluding hydrogens is 250 g/mol. The minimum atomic E-state index is -0.456. The van der Waals surface area contributed by atoms with Crippen molar-refractivity contribution in [3.63, 3.8) is 0 Å². The van der Waals surface area contributed by atoms with Crippen LogP contribution in [0.5, 0.6) is 0 Å². The Kier molecular flexibility index (Phi) is 4.31. The standard InChI is InChI=1S/C17H21NO2/c19-17(12-18-16-7-9-20-10-8-16)15-6-5-13-3-1-2-4-14(13)11-15/h1-6,11,16-19H,7-10,12H2. The first-order valence-corrected chi connectivity index (χ1v) is 7.31. The summed E-state index contributed by atoms with van der Waals surface area (Å²) in [6, 6.07) is 14.9. The summed E-state index contributed by atoms with van der Waals surface area (Å²) in [7, 11) is 0. The largest absolute Gasteiger partial charge is 0.387 e. The van der Waals surface area contributed by atoms with Crippen LogP contribution in [0.25, 0.3) is 10.8 Å². The minimum Gasteiger partial charge on any atom is -0.387 e. The number of benzene rings is 2. The normalized spacial score (nSPS) is 18.2. The first kappa shape index (κ1) is 13.6. The van der Waals surface area contributed by atoms with Crippen LogP contribution in [0.4, 0.5) is 0 Å². The summed E-state index contributed by atoms with van der Waals surface area (Å²) >= 11 is 0. The summed E-state index contributed by atoms with van der Waals surface area (Å²) < 4.78 is 5.34. The van der Waals surface area contributed by atoms with Crippen LogP contribution in [0.3, 0.4) is 0 Å². The first-order chi connectivity index (χ1) is 9.83. The quantitative estimate of drug-likeness (QED) is 0.898. The van der Waals surface area contributed by atoms with Gasteiger partial charge in [-0.15, -0.1) is 0 Å². The Morgan fingerprint density at radius 2 is 1.85 bits per heavy atom. The molecule has 3 rings (SSSR count). The molecule has 1 fully saturated rings. The number of ether oxygens (including phenoxy) is 1. The molecule has 2 aromatic rings. The smallest absolute Gasteiger partial charge is 0.0914 e. The highest BCUT2D eigenvalue weighted by Gasteiger charge is 2.15. The van der Waals surface area contributed by atoms with Gasteiger partial charge < -0.3 is 15.2 Å². The van der Waals surface area contributed by atoms with Crippen molar-refractivity contribution in [1.82, 2.24) is 5.32 Å². The van der Waals surface area contributed by atoms with E-state index in [0.717, 1.165) is 31.6 Å². The van der Waals surface area contributed by atoms with E-state index < -0.39 is 6.10 Å². The number of hydrogen-bond acceptors (Lipinski definition) is 3. The van der Waals surface area contributed by atoms with Crippen LogP contribution in [0.1, 0.15) is 24.5 Å². The van der Waals surface area contributed by atoms with Gasteiger partial charge in [-0.3, -0.25) is 0 Å². The zero-order chi connectivity index (χ0) is 13.8. The molecule has 3 nitrogen and oxygen atoms in total. The molecule has 1 aliphatic rings. The summed E-state index contributed by atoms with van der Waals surface area (Å²) in [5.41, 5.74) is 0.975. The fourth-order valence-corrected chi connectivity index (χ4v) is 2.71. The first-order valence-electron chi connectivity index (χ1n) is 7.31. The predicted molar refractivity (Wildman–Crippen MR) is 80.8 cm³/mol. The summed E-state index contributed by atoms with van der Waals surface area (Å²) in [4.78, 5) is 0. The molecule has 0 saturated carbocycles. The van der Waals surface area contributed by atoms with Crippen molar-refractivity contribution in [3.05, 3.63) is 48.0 Å². The van der Waals surface area contributed by atoms with E-state index in [1.165, 1.54) is 10.8 Å². The summed E-state index contributed by atoms with van der Waals surface area (Å²) in [6.07, 6.45) is 1.61. The van der Waals surface area contributed by atoms with Crippen molar-refractivity contribution in [1.29, 1.82) is 0 Å². The van der Waals surface area contributed by atoms with E-state index in [2.05, 4.69) is 29.6 Å². The third-order valence-corrected chi connectivity index (χ3v) is 3.98. The Labute approximate surface area is 119 Å². The monoisotopic (exact) mass is 271 g/mol. The van der Waals surface area contributed by atoms with Crippen molar-refractivity contribution in [2.75, 3.05) is 19.8 Å². The zero-order valence-electron chi connectivity index (χ0n) is 11.6. The molecule has 1 atom stereocenters. The molecule has 20 heavy (non-hydrogen) atoms. The minimum absolute atomic E-state index is 0.456. The second kappa shape index (κ2) is 6.35. The van der Waals surface area contributed by atoms with Crippen LogP contribution < -0.4 is 5.32 Å². The number of aliphatic hydroxyl groups excluding tert-OH is 1. The molecule has 3 heteroatoms. The Morgan fingerprint density at radius 3 is 2.65 bits per heavy atom. The Morgan fingerprint density at radius 1 is 1.10 bits per heavy atom. The van der Waals surface area contributed by atoms with Gasteiger partial charge in [-0.05, 0) is 35.2 Å². The maximum atomic E-state index is 10.3. The fourth-order valence-electron chi connectivity index (χ4n) is 2.71. The van der Waals surface area contributed by atoms with E-state index >= 15 is 0 Å². The highest BCUT2D eigenvalue weighted by molar-refractivity contribution is 5.83. The molecule has 2 aromatic carbocycles. The van der Waals surface area contributed by atoms with E-state index in [0.29, 0.717) is 12.6 Å². The van der Waals surface area contributed by atoms with Crippen LogP contribution in [0.15, 0.2) is 42.5 Å². The Balaban J connectivity index is 1.64. The summed E-state index contributed by atoms with van der Waals surface area (Å²) in [5.74, 6) is 0. The van der Waals surface area contributed by atoms with E-state index in [1.54, 1.807) is 0 Å². The lowest BCUT2D eigenvalue weighted by molar-refractivity contribution is 0.0724. The second-order valence-corrected chi connectivity index (χ2v) is 5.42. The van der Waals surface area contributed by atoms with Gasteiger partial charge in [-0.2, -0.15) is 0 Å². The van der Waals surface area contributed by atoms with Crippen molar-refractivity contribution in [3.8, 4) is 0 Å². The molecule has 0 bridgehead atoms. The molecule has 1 saturated heterocycles. The third-order valence-electron chi connectivity index (χ3n) is 3.98. The molecule has 0 aromatic heterocycles. The van der Waals surface area contributed by atoms with Crippen LogP contribution in [0.2, 0.25) is 0 Å². The van der Waals surface area contributed by atoms with Crippen molar-refractivity contribution >= 4 is 10.8 Å². The van der Waals surface area contributed by atoms with Gasteiger partial charge in [0.2, 0.25) is 0 Å². The number of aliphatic hydroxyl groups is 1. The molecule has 0 amide bonds. The maximum Gasteiger partial charge on any atom is 0.0914 e. The van der Waals surface area contributed by atoms with Crippen LogP contribution >= 0.6 is 0 Å². The van der Waals surface area contributed by atoms with Crippen molar-refractivity contribution < 1.29 is 9.84 Å². The van der Waals surface area contributed by atoms with Crippen LogP contribution in [0, 0.1) is 0 Å². The van der Waals surface area contributed by atoms with Crippen molar-refractivity contribution in [2.45, 2.75) is 25.0 Å². The highest BCUT2D eigenvalue weighted by Crippen LogP contribution is 2.20. The fraction of sp³-hybridized carbons (Fsp3) is 0.412. The third kappa shape index (κ3) is 3.18. The lowest BCUT2D eigenvalue weighted by Crippen LogP contribution is -2.37. The molecule has 0 radical (unpaired) electrons. The lowest BCUT2D eigenvalue weighted by atomic mass is 10.0. The number of fused-ring (bicyclic) bond motifs is 1. The highest BCUT2D eigenvalue weighted by atomic mass is 16.5. The average molecular weight is 271 g/mol. The molecule has 1 aliphatic heterocycles. The zero-order valence-corrected chi connectivity index (χ0v) is 11.6. The van der Waals surface area contributed by atoms with Gasteiger partial charge in [0.15, 0.2) is 0 Å². The van der Waals surface area contributed by atoms with Crippen LogP contribution in [-0.4, -0.2) is 30.9 Å². The Hall–Kier alpha value is -1.42. The molecule has 0 aliphatic carbocycles. The van der Waals surface area contributed by atoms with Gasteiger partial charge in [0.1, 0.15) is 0 Å². The predicted octanol–water partition coefficient (Wildman–Crippen LogP) is 2.64. The molecule has 2 N–H and O–H groups in total. The van der Waals surface area contributed by atoms with Gasteiger partial charge >= 0.3 is 0 Å². The second-order valence-electron chi connectivity index (χ2n) is 5.42. The van der Waals surface area contributed by atoms with E-state index in [-0.39, 0.29) is 0 Å². The summed E-state index contributed by atoms with van der Waals surface area (Å²) in [5, 5.41) is 16.1. The molecule has 1 unspecified atom stereocenters. The average Bonchev–Trinajstić information content (AvgIpc) is 2.53. The van der Waals surface area contributed by atoms with Gasteiger partial charge in [0, 0.05) is 25.8 Å². The number of hydrogen-bond donors (Lipinski definition) is 2. The number of rotatable bonds is 4. The SMILES string of the molecule is OC(CNC1CCOCC1)c1ccc2ccccc2c1. The number of nitrogens with one attached hydrogen (secondary N) is 1. The maximum absolute atomic E-state index is 10.3. The topological polar surface area (TPSA) is 41.5 Å². The van der Waals surface area contributed by atoms with Gasteiger partial charge in [0.05, 0.1) is 6.10 Å². The van der Waals surface area contributed by atoms with E-state index in [9.17, 15) is 5.11 Å². The molecule has 106 valence electrons.